The van der Waals surface area contributed by atoms with Gasteiger partial charge in [0.2, 0.25) is 0 Å². The third-order valence-corrected chi connectivity index (χ3v) is 8.75. The minimum absolute atomic E-state index is 0. The number of anilines is 2. The Hall–Kier alpha value is -5.36. The van der Waals surface area contributed by atoms with Crippen LogP contribution in [-0.4, -0.2) is 40.8 Å². The quantitative estimate of drug-likeness (QED) is 0.0496. The molecule has 0 saturated carbocycles. The van der Waals surface area contributed by atoms with E-state index in [9.17, 15) is 48.0 Å². The average molecular weight is 883 g/mol. The molecular weight excluding hydrogens is 863 g/mol. The van der Waals surface area contributed by atoms with Gasteiger partial charge in [-0.15, -0.1) is 20.5 Å². The number of para-hydroxylation sites is 2. The molecule has 0 fully saturated rings. The average Bonchev–Trinajstić information content (AvgIpc) is 3.29. The van der Waals surface area contributed by atoms with Gasteiger partial charge >= 0.3 is 65.3 Å². The minimum Gasteiger partial charge on any atom is -0.744 e. The van der Waals surface area contributed by atoms with Crippen molar-refractivity contribution >= 4 is 68.1 Å². The first-order valence-corrected chi connectivity index (χ1v) is 17.8. The zero-order valence-corrected chi connectivity index (χ0v) is 36.3. The molecule has 0 radical (unpaired) electrons. The van der Waals surface area contributed by atoms with Crippen molar-refractivity contribution < 1.29 is 125 Å². The number of fused-ring (bicyclic) bond motifs is 2. The van der Waals surface area contributed by atoms with Crippen molar-refractivity contribution in [2.75, 3.05) is 10.6 Å². The molecule has 298 valence electrons. The Bertz CT molecular complexity index is 2570. The first-order valence-electron chi connectivity index (χ1n) is 15.6. The van der Waals surface area contributed by atoms with E-state index >= 15 is 0 Å². The molecule has 60 heavy (non-hydrogen) atoms. The number of nitrogens with one attached hydrogen (secondary N) is 2. The first-order chi connectivity index (χ1) is 27.7. The molecule has 2 aliphatic rings. The van der Waals surface area contributed by atoms with Crippen LogP contribution in [0.15, 0.2) is 139 Å². The number of carbonyl (C=O) groups excluding carboxylic acids is 2. The molecule has 0 aliphatic carbocycles. The predicted octanol–water partition coefficient (Wildman–Crippen LogP) is -0.707. The molecule has 24 nitrogen and oxygen atoms in total. The number of ether oxygens (including phenoxy) is 4. The molecule has 0 bridgehead atoms. The molecule has 6 rings (SSSR count). The summed E-state index contributed by atoms with van der Waals surface area (Å²) in [4.78, 5) is 47.1. The van der Waals surface area contributed by atoms with Gasteiger partial charge in [0.1, 0.15) is 38.4 Å². The van der Waals surface area contributed by atoms with Crippen LogP contribution in [0, 0.1) is 20.2 Å². The second kappa shape index (κ2) is 20.3. The van der Waals surface area contributed by atoms with E-state index < -0.39 is 99.1 Å². The van der Waals surface area contributed by atoms with E-state index in [0.717, 1.165) is 19.1 Å². The first kappa shape index (κ1) is 47.3. The van der Waals surface area contributed by atoms with Gasteiger partial charge in [0.15, 0.2) is 22.9 Å². The van der Waals surface area contributed by atoms with E-state index in [1.807, 2.05) is 0 Å². The van der Waals surface area contributed by atoms with Crippen LogP contribution in [0.4, 0.5) is 34.1 Å². The Balaban J connectivity index is 0.00000397. The number of azo groups is 2. The molecular formula is C32H20N8Na2O16S2. The summed E-state index contributed by atoms with van der Waals surface area (Å²) >= 11 is 0.00200. The smallest absolute Gasteiger partial charge is 0.744 e. The summed E-state index contributed by atoms with van der Waals surface area (Å²) in [6, 6.07) is 18.0. The van der Waals surface area contributed by atoms with E-state index in [-0.39, 0.29) is 82.5 Å². The Morgan fingerprint density at radius 2 is 1.30 bits per heavy atom. The van der Waals surface area contributed by atoms with Gasteiger partial charge in [-0.3, -0.25) is 34.9 Å². The van der Waals surface area contributed by atoms with E-state index in [4.69, 9.17) is 18.9 Å². The van der Waals surface area contributed by atoms with Crippen LogP contribution >= 0.6 is 12.0 Å². The molecule has 1 atom stereocenters. The van der Waals surface area contributed by atoms with Crippen LogP contribution in [0.1, 0.15) is 6.92 Å². The number of carbonyl (C=O) groups is 2. The standard InChI is InChI=1S/C32H22N8O16S2.2Na/c1-17-27(31(42)34-19-10-6-3-7-11-19)38-36-23-13-21(40(45)46)15-26(58(48,49)50)29(23)54-32(52-17)51-16-24(30(41)33-18-8-4-2-5-9-18)37-35-22-12-20(39(43)44)14-25(28(22)53-32)57-56-55-47;;/h2-16,47H,1H3,(H,33,41)(H,34,42)(H,48,49,50);;/q;2*+1/p-2/b24-16-,27-17-,37-35?,38-36?;;. The monoisotopic (exact) mass is 882 g/mol. The molecule has 0 saturated heterocycles. The minimum atomic E-state index is -5.77. The molecule has 1 spiro atoms. The van der Waals surface area contributed by atoms with Crippen molar-refractivity contribution in [3.63, 3.8) is 0 Å². The normalized spacial score (nSPS) is 17.6. The second-order valence-corrected chi connectivity index (χ2v) is 13.2. The van der Waals surface area contributed by atoms with Crippen molar-refractivity contribution in [1.29, 1.82) is 0 Å². The number of nitro groups is 2. The SMILES string of the molecule is C/C1=C(\C(=O)Nc2ccccc2)N=Nc2cc([N+](=O)[O-])cc(S(=O)(=O)[O-])c2OC2(O/C=C(/C(=O)Nc3ccccc3)N=Nc3cc([N+](=O)[O-])cc(SOO[O-])c3O2)O1.[Na+].[Na+]. The van der Waals surface area contributed by atoms with Gasteiger partial charge in [-0.25, -0.2) is 8.42 Å². The van der Waals surface area contributed by atoms with E-state index in [1.54, 1.807) is 36.4 Å². The van der Waals surface area contributed by atoms with Crippen LogP contribution in [0.5, 0.6) is 11.5 Å². The second-order valence-electron chi connectivity index (χ2n) is 11.1. The Morgan fingerprint density at radius 1 is 0.767 bits per heavy atom. The van der Waals surface area contributed by atoms with E-state index in [1.165, 1.54) is 24.3 Å². The Kier molecular flexibility index (Phi) is 16.0. The maximum atomic E-state index is 13.7. The molecule has 1 unspecified atom stereocenters. The number of nitrogens with zero attached hydrogens (tertiary/aromatic N) is 6. The number of benzene rings is 4. The van der Waals surface area contributed by atoms with Gasteiger partial charge in [-0.2, -0.15) is 4.33 Å². The van der Waals surface area contributed by atoms with Crippen LogP contribution in [0.2, 0.25) is 0 Å². The third-order valence-electron chi connectivity index (χ3n) is 7.30. The Labute approximate surface area is 384 Å². The summed E-state index contributed by atoms with van der Waals surface area (Å²) in [6.45, 7) is 1.08. The topological polar surface area (TPSA) is 330 Å². The summed E-state index contributed by atoms with van der Waals surface area (Å²) in [5.74, 6) is -4.68. The van der Waals surface area contributed by atoms with Gasteiger partial charge in [0.25, 0.3) is 23.2 Å². The Morgan fingerprint density at radius 3 is 1.87 bits per heavy atom. The molecule has 2 heterocycles. The summed E-state index contributed by atoms with van der Waals surface area (Å²) in [5.41, 5.74) is -4.32. The largest absolute Gasteiger partial charge is 1.00 e. The predicted molar refractivity (Wildman–Crippen MR) is 188 cm³/mol. The number of hydrogen-bond donors (Lipinski definition) is 2. The molecule has 28 heteroatoms. The number of nitro benzene ring substituents is 2. The summed E-state index contributed by atoms with van der Waals surface area (Å²) in [7, 11) is -5.77. The van der Waals surface area contributed by atoms with Crippen molar-refractivity contribution in [3.05, 3.63) is 129 Å². The fourth-order valence-corrected chi connectivity index (χ4v) is 5.93. The van der Waals surface area contributed by atoms with Crippen molar-refractivity contribution in [2.24, 2.45) is 20.5 Å². The van der Waals surface area contributed by atoms with Crippen LogP contribution in [-0.2, 0) is 38.6 Å². The number of allylic oxidation sites excluding steroid dienone is 1. The molecule has 0 aromatic heterocycles. The van der Waals surface area contributed by atoms with Crippen molar-refractivity contribution in [1.82, 2.24) is 0 Å². The summed E-state index contributed by atoms with van der Waals surface area (Å²) in [5, 5.41) is 58.5. The molecule has 2 aliphatic heterocycles. The maximum absolute atomic E-state index is 13.7. The van der Waals surface area contributed by atoms with E-state index in [2.05, 4.69) is 40.5 Å². The van der Waals surface area contributed by atoms with Crippen molar-refractivity contribution in [2.45, 2.75) is 22.9 Å². The zero-order valence-electron chi connectivity index (χ0n) is 30.7. The van der Waals surface area contributed by atoms with E-state index in [0.29, 0.717) is 18.4 Å². The number of non-ortho nitro benzene ring substituents is 2. The van der Waals surface area contributed by atoms with Crippen LogP contribution < -0.4 is 84.5 Å². The third kappa shape index (κ3) is 11.3. The summed E-state index contributed by atoms with van der Waals surface area (Å²) < 4.78 is 66.0. The molecule has 4 aromatic rings. The van der Waals surface area contributed by atoms with Crippen LogP contribution in [0.25, 0.3) is 0 Å². The van der Waals surface area contributed by atoms with Gasteiger partial charge in [0, 0.05) is 35.6 Å². The van der Waals surface area contributed by atoms with Gasteiger partial charge in [0.05, 0.1) is 26.8 Å². The summed E-state index contributed by atoms with van der Waals surface area (Å²) in [6.07, 6.45) is -2.96. The number of rotatable bonds is 10. The van der Waals surface area contributed by atoms with Crippen LogP contribution in [0.3, 0.4) is 0 Å². The number of hydrogen-bond acceptors (Lipinski definition) is 21. The maximum Gasteiger partial charge on any atom is 1.00 e. The fourth-order valence-electron chi connectivity index (χ4n) is 4.80. The van der Waals surface area contributed by atoms with Gasteiger partial charge in [-0.05, 0) is 31.2 Å². The molecule has 4 aromatic carbocycles. The van der Waals surface area contributed by atoms with Gasteiger partial charge < -0.3 is 39.4 Å². The molecule has 2 amide bonds. The fraction of sp³-hybridized carbons (Fsp3) is 0.0625. The van der Waals surface area contributed by atoms with Crippen molar-refractivity contribution in [3.8, 4) is 11.5 Å². The van der Waals surface area contributed by atoms with Gasteiger partial charge in [-0.1, -0.05) is 36.4 Å². The zero-order chi connectivity index (χ0) is 41.6. The molecule has 2 N–H and O–H groups in total. The number of amides is 2.